The zero-order chi connectivity index (χ0) is 10.5. The molecule has 0 N–H and O–H groups in total. The first kappa shape index (κ1) is 13.0. The van der Waals surface area contributed by atoms with E-state index in [0.717, 1.165) is 11.5 Å². The van der Waals surface area contributed by atoms with E-state index in [2.05, 4.69) is 16.8 Å². The van der Waals surface area contributed by atoms with Crippen LogP contribution < -0.4 is 0 Å². The van der Waals surface area contributed by atoms with E-state index in [1.54, 1.807) is 0 Å². The Morgan fingerprint density at radius 2 is 1.69 bits per heavy atom. The lowest BCUT2D eigenvalue weighted by Gasteiger charge is -2.28. The number of hydrogen-bond acceptors (Lipinski definition) is 1. The van der Waals surface area contributed by atoms with Crippen molar-refractivity contribution in [2.75, 3.05) is 13.1 Å². The Labute approximate surface area is 104 Å². The minimum atomic E-state index is 0. The normalized spacial score (nSPS) is 16.8. The van der Waals surface area contributed by atoms with Crippen LogP contribution in [-0.4, -0.2) is 23.8 Å². The molecule has 0 atom stereocenters. The number of halogens is 1. The highest BCUT2D eigenvalue weighted by molar-refractivity contribution is 5.85. The maximum absolute atomic E-state index is 4.63. The molecule has 3 heteroatoms. The van der Waals surface area contributed by atoms with E-state index in [0.29, 0.717) is 0 Å². The van der Waals surface area contributed by atoms with E-state index in [-0.39, 0.29) is 12.4 Å². The molecule has 0 aromatic heterocycles. The van der Waals surface area contributed by atoms with Gasteiger partial charge in [0.2, 0.25) is 0 Å². The Morgan fingerprint density at radius 3 is 2.31 bits per heavy atom. The van der Waals surface area contributed by atoms with Crippen LogP contribution in [0.5, 0.6) is 0 Å². The Kier molecular flexibility index (Phi) is 5.33. The van der Waals surface area contributed by atoms with Gasteiger partial charge in [-0.2, -0.15) is 0 Å². The van der Waals surface area contributed by atoms with E-state index in [9.17, 15) is 0 Å². The van der Waals surface area contributed by atoms with Gasteiger partial charge in [0.15, 0.2) is 0 Å². The lowest BCUT2D eigenvalue weighted by molar-refractivity contribution is 0.340. The Bertz CT molecular complexity index is 329. The molecule has 0 amide bonds. The molecule has 0 spiro atoms. The highest BCUT2D eigenvalue weighted by Gasteiger charge is 2.10. The molecule has 0 aliphatic carbocycles. The number of nitrogens with zero attached hydrogens (tertiary/aromatic N) is 2. The van der Waals surface area contributed by atoms with Crippen molar-refractivity contribution in [3.05, 3.63) is 30.3 Å². The third-order valence-corrected chi connectivity index (χ3v) is 2.86. The van der Waals surface area contributed by atoms with Crippen molar-refractivity contribution < 1.29 is 0 Å². The van der Waals surface area contributed by atoms with Crippen LogP contribution in [0.4, 0.5) is 5.69 Å². The van der Waals surface area contributed by atoms with E-state index in [1.165, 1.54) is 32.4 Å². The molecule has 0 saturated carbocycles. The van der Waals surface area contributed by atoms with Crippen LogP contribution in [0.25, 0.3) is 0 Å². The van der Waals surface area contributed by atoms with Gasteiger partial charge in [0.1, 0.15) is 5.84 Å². The van der Waals surface area contributed by atoms with Gasteiger partial charge in [0.05, 0.1) is 5.69 Å². The molecule has 1 aliphatic rings. The smallest absolute Gasteiger partial charge is 0.102 e. The third-order valence-electron chi connectivity index (χ3n) is 2.86. The molecule has 0 radical (unpaired) electrons. The van der Waals surface area contributed by atoms with Crippen molar-refractivity contribution in [3.8, 4) is 0 Å². The van der Waals surface area contributed by atoms with E-state index in [4.69, 9.17) is 0 Å². The summed E-state index contributed by atoms with van der Waals surface area (Å²) in [6, 6.07) is 10.2. The SMILES string of the molecule is CC(=Nc1ccccc1)N1CCCCC1.Cl. The Hall–Kier alpha value is -1.02. The lowest BCUT2D eigenvalue weighted by atomic mass is 10.1. The number of hydrogen-bond donors (Lipinski definition) is 0. The second kappa shape index (κ2) is 6.54. The van der Waals surface area contributed by atoms with Gasteiger partial charge in [-0.25, -0.2) is 4.99 Å². The molecule has 0 bridgehead atoms. The highest BCUT2D eigenvalue weighted by Crippen LogP contribution is 2.14. The fourth-order valence-corrected chi connectivity index (χ4v) is 1.98. The van der Waals surface area contributed by atoms with Crippen molar-refractivity contribution in [1.82, 2.24) is 4.90 Å². The summed E-state index contributed by atoms with van der Waals surface area (Å²) >= 11 is 0. The summed E-state index contributed by atoms with van der Waals surface area (Å²) in [5, 5.41) is 0. The monoisotopic (exact) mass is 238 g/mol. The molecule has 1 aromatic carbocycles. The van der Waals surface area contributed by atoms with Gasteiger partial charge < -0.3 is 4.90 Å². The van der Waals surface area contributed by atoms with Crippen LogP contribution in [0, 0.1) is 0 Å². The summed E-state index contributed by atoms with van der Waals surface area (Å²) < 4.78 is 0. The van der Waals surface area contributed by atoms with Gasteiger partial charge in [-0.15, -0.1) is 12.4 Å². The van der Waals surface area contributed by atoms with Crippen LogP contribution in [0.2, 0.25) is 0 Å². The third kappa shape index (κ3) is 3.53. The molecule has 1 heterocycles. The van der Waals surface area contributed by atoms with Crippen LogP contribution in [-0.2, 0) is 0 Å². The van der Waals surface area contributed by atoms with Gasteiger partial charge in [0, 0.05) is 13.1 Å². The Balaban J connectivity index is 0.00000128. The maximum atomic E-state index is 4.63. The van der Waals surface area contributed by atoms with Gasteiger partial charge in [-0.1, -0.05) is 18.2 Å². The fourth-order valence-electron chi connectivity index (χ4n) is 1.98. The zero-order valence-corrected chi connectivity index (χ0v) is 10.5. The summed E-state index contributed by atoms with van der Waals surface area (Å²) in [5.41, 5.74) is 1.06. The summed E-state index contributed by atoms with van der Waals surface area (Å²) in [4.78, 5) is 7.01. The Morgan fingerprint density at radius 1 is 1.06 bits per heavy atom. The first-order valence-corrected chi connectivity index (χ1v) is 5.71. The largest absolute Gasteiger partial charge is 0.360 e. The molecule has 1 fully saturated rings. The summed E-state index contributed by atoms with van der Waals surface area (Å²) in [7, 11) is 0. The number of aliphatic imine (C=N–C) groups is 1. The molecule has 2 nitrogen and oxygen atoms in total. The zero-order valence-electron chi connectivity index (χ0n) is 9.72. The predicted molar refractivity (Wildman–Crippen MR) is 71.9 cm³/mol. The minimum Gasteiger partial charge on any atom is -0.360 e. The number of benzene rings is 1. The average molecular weight is 239 g/mol. The van der Waals surface area contributed by atoms with Crippen molar-refractivity contribution in [3.63, 3.8) is 0 Å². The van der Waals surface area contributed by atoms with Crippen molar-refractivity contribution in [2.24, 2.45) is 4.99 Å². The van der Waals surface area contributed by atoms with Gasteiger partial charge in [0.25, 0.3) is 0 Å². The molecule has 0 unspecified atom stereocenters. The topological polar surface area (TPSA) is 15.6 Å². The molecular weight excluding hydrogens is 220 g/mol. The quantitative estimate of drug-likeness (QED) is 0.539. The van der Waals surface area contributed by atoms with Gasteiger partial charge in [-0.05, 0) is 38.3 Å². The molecule has 88 valence electrons. The molecule has 16 heavy (non-hydrogen) atoms. The molecule has 2 rings (SSSR count). The number of piperidine rings is 1. The van der Waals surface area contributed by atoms with E-state index < -0.39 is 0 Å². The van der Waals surface area contributed by atoms with Crippen molar-refractivity contribution in [2.45, 2.75) is 26.2 Å². The number of likely N-dealkylation sites (tertiary alicyclic amines) is 1. The lowest BCUT2D eigenvalue weighted by Crippen LogP contribution is -2.33. The number of rotatable bonds is 1. The maximum Gasteiger partial charge on any atom is 0.102 e. The first-order chi connectivity index (χ1) is 7.36. The number of para-hydroxylation sites is 1. The van der Waals surface area contributed by atoms with Gasteiger partial charge in [-0.3, -0.25) is 0 Å². The highest BCUT2D eigenvalue weighted by atomic mass is 35.5. The van der Waals surface area contributed by atoms with Gasteiger partial charge >= 0.3 is 0 Å². The molecular formula is C13H19ClN2. The van der Waals surface area contributed by atoms with Crippen molar-refractivity contribution in [1.29, 1.82) is 0 Å². The minimum absolute atomic E-state index is 0. The van der Waals surface area contributed by atoms with Crippen LogP contribution in [0.3, 0.4) is 0 Å². The summed E-state index contributed by atoms with van der Waals surface area (Å²) in [6.45, 7) is 4.45. The average Bonchev–Trinajstić information content (AvgIpc) is 2.31. The summed E-state index contributed by atoms with van der Waals surface area (Å²) in [6.07, 6.45) is 3.98. The van der Waals surface area contributed by atoms with Crippen LogP contribution in [0.15, 0.2) is 35.3 Å². The predicted octanol–water partition coefficient (Wildman–Crippen LogP) is 3.64. The second-order valence-corrected chi connectivity index (χ2v) is 4.04. The van der Waals surface area contributed by atoms with Crippen LogP contribution >= 0.6 is 12.4 Å². The van der Waals surface area contributed by atoms with E-state index >= 15 is 0 Å². The van der Waals surface area contributed by atoms with Crippen molar-refractivity contribution >= 4 is 23.9 Å². The fraction of sp³-hybridized carbons (Fsp3) is 0.462. The second-order valence-electron chi connectivity index (χ2n) is 4.04. The molecule has 1 aromatic rings. The molecule has 1 saturated heterocycles. The number of amidine groups is 1. The van der Waals surface area contributed by atoms with Crippen LogP contribution in [0.1, 0.15) is 26.2 Å². The summed E-state index contributed by atoms with van der Waals surface area (Å²) in [5.74, 6) is 1.15. The molecule has 1 aliphatic heterocycles. The standard InChI is InChI=1S/C13H18N2.ClH/c1-12(15-10-6-3-7-11-15)14-13-8-4-2-5-9-13;/h2,4-5,8-9H,3,6-7,10-11H2,1H3;1H. The van der Waals surface area contributed by atoms with E-state index in [1.807, 2.05) is 30.3 Å². The first-order valence-electron chi connectivity index (χ1n) is 5.71.